The lowest BCUT2D eigenvalue weighted by Crippen LogP contribution is -2.20. The second-order valence-electron chi connectivity index (χ2n) is 4.81. The number of nitrogens with one attached hydrogen (secondary N) is 1. The predicted octanol–water partition coefficient (Wildman–Crippen LogP) is 0.110. The van der Waals surface area contributed by atoms with E-state index in [0.29, 0.717) is 5.95 Å². The van der Waals surface area contributed by atoms with E-state index in [1.165, 1.54) is 11.0 Å². The Morgan fingerprint density at radius 1 is 1.47 bits per heavy atom. The summed E-state index contributed by atoms with van der Waals surface area (Å²) in [6, 6.07) is 0. The first-order valence-electron chi connectivity index (χ1n) is 5.23. The lowest BCUT2D eigenvalue weighted by Gasteiger charge is -2.04. The molecule has 0 saturated heterocycles. The van der Waals surface area contributed by atoms with E-state index < -0.39 is 23.2 Å². The molecule has 0 unspecified atom stereocenters. The normalized spacial score (nSPS) is 25.4. The second kappa shape index (κ2) is 3.54. The summed E-state index contributed by atoms with van der Waals surface area (Å²) in [4.78, 5) is 26.7. The van der Waals surface area contributed by atoms with E-state index in [2.05, 4.69) is 15.4 Å². The van der Waals surface area contributed by atoms with Crippen molar-refractivity contribution in [1.82, 2.24) is 14.8 Å². The standard InChI is InChI=1S/C10H14N4O3/c1-10(2)5(6(10)8(16)17)7(15)13-9-11-4-12-14(9)3/h4-6H,1-3H3,(H,16,17)(H,11,12,13,15)/t5-,6+/m1/s1. The first-order valence-corrected chi connectivity index (χ1v) is 5.23. The van der Waals surface area contributed by atoms with E-state index >= 15 is 0 Å². The van der Waals surface area contributed by atoms with Gasteiger partial charge in [0.05, 0.1) is 11.8 Å². The van der Waals surface area contributed by atoms with Crippen molar-refractivity contribution < 1.29 is 14.7 Å². The van der Waals surface area contributed by atoms with Gasteiger partial charge in [-0.3, -0.25) is 14.9 Å². The number of carboxylic acids is 1. The van der Waals surface area contributed by atoms with Gasteiger partial charge < -0.3 is 5.11 Å². The third-order valence-corrected chi connectivity index (χ3v) is 3.32. The van der Waals surface area contributed by atoms with Gasteiger partial charge >= 0.3 is 5.97 Å². The van der Waals surface area contributed by atoms with Crippen molar-refractivity contribution in [2.45, 2.75) is 13.8 Å². The monoisotopic (exact) mass is 238 g/mol. The first-order chi connectivity index (χ1) is 7.85. The molecule has 1 fully saturated rings. The highest BCUT2D eigenvalue weighted by Crippen LogP contribution is 2.58. The van der Waals surface area contributed by atoms with Crippen LogP contribution in [0.5, 0.6) is 0 Å². The quantitative estimate of drug-likeness (QED) is 0.779. The zero-order valence-electron chi connectivity index (χ0n) is 9.84. The van der Waals surface area contributed by atoms with Crippen molar-refractivity contribution in [3.8, 4) is 0 Å². The largest absolute Gasteiger partial charge is 0.481 e. The lowest BCUT2D eigenvalue weighted by molar-refractivity contribution is -0.140. The molecule has 7 heteroatoms. The minimum atomic E-state index is -0.937. The van der Waals surface area contributed by atoms with Gasteiger partial charge in [0.1, 0.15) is 6.33 Å². The van der Waals surface area contributed by atoms with Crippen molar-refractivity contribution in [2.75, 3.05) is 5.32 Å². The zero-order chi connectivity index (χ0) is 12.8. The molecule has 1 saturated carbocycles. The number of nitrogens with zero attached hydrogens (tertiary/aromatic N) is 3. The number of hydrogen-bond acceptors (Lipinski definition) is 4. The molecule has 1 amide bonds. The average Bonchev–Trinajstić information content (AvgIpc) is 2.58. The lowest BCUT2D eigenvalue weighted by atomic mass is 10.1. The van der Waals surface area contributed by atoms with Gasteiger partial charge in [0.25, 0.3) is 0 Å². The summed E-state index contributed by atoms with van der Waals surface area (Å²) in [6.45, 7) is 3.54. The molecule has 7 nitrogen and oxygen atoms in total. The summed E-state index contributed by atoms with van der Waals surface area (Å²) in [6.07, 6.45) is 1.32. The topological polar surface area (TPSA) is 97.1 Å². The molecule has 0 aliphatic heterocycles. The number of aromatic nitrogens is 3. The van der Waals surface area contributed by atoms with Crippen LogP contribution in [0.25, 0.3) is 0 Å². The van der Waals surface area contributed by atoms with Gasteiger partial charge in [-0.1, -0.05) is 13.8 Å². The molecule has 2 atom stereocenters. The van der Waals surface area contributed by atoms with E-state index in [1.807, 2.05) is 0 Å². The molecule has 1 aromatic heterocycles. The third-order valence-electron chi connectivity index (χ3n) is 3.32. The zero-order valence-corrected chi connectivity index (χ0v) is 9.84. The van der Waals surface area contributed by atoms with Crippen molar-refractivity contribution in [1.29, 1.82) is 0 Å². The molecule has 0 bridgehead atoms. The number of carbonyl (C=O) groups excluding carboxylic acids is 1. The Morgan fingerprint density at radius 2 is 2.12 bits per heavy atom. The molecule has 2 rings (SSSR count). The molecule has 0 spiro atoms. The number of aryl methyl sites for hydroxylation is 1. The van der Waals surface area contributed by atoms with E-state index in [1.54, 1.807) is 20.9 Å². The molecule has 0 aromatic carbocycles. The summed E-state index contributed by atoms with van der Waals surface area (Å²) in [5.41, 5.74) is -0.505. The molecule has 1 aliphatic carbocycles. The van der Waals surface area contributed by atoms with Gasteiger partial charge in [-0.15, -0.1) is 0 Å². The van der Waals surface area contributed by atoms with Gasteiger partial charge in [-0.05, 0) is 5.41 Å². The Kier molecular flexibility index (Phi) is 2.41. The van der Waals surface area contributed by atoms with Crippen LogP contribution in [0.3, 0.4) is 0 Å². The van der Waals surface area contributed by atoms with Crippen LogP contribution in [0.4, 0.5) is 5.95 Å². The minimum absolute atomic E-state index is 0.321. The summed E-state index contributed by atoms with van der Waals surface area (Å²) < 4.78 is 1.42. The number of carboxylic acid groups (broad SMARTS) is 1. The molecule has 1 aromatic rings. The van der Waals surface area contributed by atoms with Crippen molar-refractivity contribution in [2.24, 2.45) is 24.3 Å². The van der Waals surface area contributed by atoms with Gasteiger partial charge in [0.15, 0.2) is 0 Å². The number of aliphatic carboxylic acids is 1. The minimum Gasteiger partial charge on any atom is -0.481 e. The number of amides is 1. The van der Waals surface area contributed by atoms with Crippen molar-refractivity contribution >= 4 is 17.8 Å². The third kappa shape index (κ3) is 1.77. The second-order valence-corrected chi connectivity index (χ2v) is 4.81. The molecular weight excluding hydrogens is 224 g/mol. The fraction of sp³-hybridized carbons (Fsp3) is 0.600. The highest BCUT2D eigenvalue weighted by atomic mass is 16.4. The Labute approximate surface area is 97.8 Å². The van der Waals surface area contributed by atoms with Crippen LogP contribution in [0.15, 0.2) is 6.33 Å². The van der Waals surface area contributed by atoms with Gasteiger partial charge in [0, 0.05) is 7.05 Å². The van der Waals surface area contributed by atoms with Crippen molar-refractivity contribution in [3.05, 3.63) is 6.33 Å². The van der Waals surface area contributed by atoms with Crippen LogP contribution in [0, 0.1) is 17.3 Å². The Morgan fingerprint density at radius 3 is 2.53 bits per heavy atom. The Bertz CT molecular complexity index is 480. The summed E-state index contributed by atoms with van der Waals surface area (Å²) in [5.74, 6) is -2.08. The predicted molar refractivity (Wildman–Crippen MR) is 58.0 cm³/mol. The summed E-state index contributed by atoms with van der Waals surface area (Å²) >= 11 is 0. The highest BCUT2D eigenvalue weighted by Gasteiger charge is 2.66. The number of carbonyl (C=O) groups is 2. The van der Waals surface area contributed by atoms with Gasteiger partial charge in [-0.25, -0.2) is 4.68 Å². The molecule has 1 heterocycles. The van der Waals surface area contributed by atoms with Crippen LogP contribution in [0.1, 0.15) is 13.8 Å². The van der Waals surface area contributed by atoms with Crippen LogP contribution in [-0.2, 0) is 16.6 Å². The average molecular weight is 238 g/mol. The number of anilines is 1. The maximum absolute atomic E-state index is 11.9. The van der Waals surface area contributed by atoms with Gasteiger partial charge in [-0.2, -0.15) is 10.1 Å². The van der Waals surface area contributed by atoms with Crippen LogP contribution >= 0.6 is 0 Å². The number of rotatable bonds is 3. The maximum atomic E-state index is 11.9. The molecule has 17 heavy (non-hydrogen) atoms. The fourth-order valence-electron chi connectivity index (χ4n) is 2.19. The van der Waals surface area contributed by atoms with Gasteiger partial charge in [0.2, 0.25) is 11.9 Å². The smallest absolute Gasteiger partial charge is 0.307 e. The first kappa shape index (κ1) is 11.6. The maximum Gasteiger partial charge on any atom is 0.307 e. The van der Waals surface area contributed by atoms with E-state index in [0.717, 1.165) is 0 Å². The van der Waals surface area contributed by atoms with Crippen LogP contribution in [0.2, 0.25) is 0 Å². The Balaban J connectivity index is 2.08. The molecule has 2 N–H and O–H groups in total. The summed E-state index contributed by atoms with van der Waals surface area (Å²) in [5, 5.41) is 15.4. The molecule has 92 valence electrons. The highest BCUT2D eigenvalue weighted by molar-refractivity contribution is 5.98. The molecule has 0 radical (unpaired) electrons. The molecular formula is C10H14N4O3. The molecule has 1 aliphatic rings. The van der Waals surface area contributed by atoms with Crippen molar-refractivity contribution in [3.63, 3.8) is 0 Å². The Hall–Kier alpha value is -1.92. The van der Waals surface area contributed by atoms with E-state index in [-0.39, 0.29) is 5.91 Å². The number of hydrogen-bond donors (Lipinski definition) is 2. The van der Waals surface area contributed by atoms with Crippen LogP contribution in [-0.4, -0.2) is 31.7 Å². The fourth-order valence-corrected chi connectivity index (χ4v) is 2.19. The van der Waals surface area contributed by atoms with E-state index in [9.17, 15) is 9.59 Å². The van der Waals surface area contributed by atoms with Crippen LogP contribution < -0.4 is 5.32 Å². The van der Waals surface area contributed by atoms with E-state index in [4.69, 9.17) is 5.11 Å². The SMILES string of the molecule is Cn1ncnc1NC(=O)[C@H]1[C@@H](C(=O)O)C1(C)C. The summed E-state index contributed by atoms with van der Waals surface area (Å²) in [7, 11) is 1.65.